The maximum atomic E-state index is 12.9. The van der Waals surface area contributed by atoms with Crippen molar-refractivity contribution in [3.8, 4) is 0 Å². The summed E-state index contributed by atoms with van der Waals surface area (Å²) in [5, 5.41) is 0. The van der Waals surface area contributed by atoms with Gasteiger partial charge in [-0.1, -0.05) is 13.0 Å². The summed E-state index contributed by atoms with van der Waals surface area (Å²) in [4.78, 5) is 14.8. The summed E-state index contributed by atoms with van der Waals surface area (Å²) in [6, 6.07) is 8.08. The molecule has 26 heavy (non-hydrogen) atoms. The largest absolute Gasteiger partial charge is 0.468 e. The second kappa shape index (κ2) is 7.63. The van der Waals surface area contributed by atoms with E-state index in [0.717, 1.165) is 24.9 Å². The Bertz CT molecular complexity index is 875. The van der Waals surface area contributed by atoms with Gasteiger partial charge >= 0.3 is 0 Å². The first-order valence-corrected chi connectivity index (χ1v) is 10.3. The Hall–Kier alpha value is -2.12. The topological polar surface area (TPSA) is 79.6 Å². The number of amides is 1. The molecule has 140 valence electrons. The maximum Gasteiger partial charge on any atom is 0.254 e. The number of likely N-dealkylation sites (tertiary alicyclic amines) is 1. The molecule has 1 aliphatic rings. The third-order valence-electron chi connectivity index (χ3n) is 4.71. The number of aryl methyl sites for hydroxylation is 1. The monoisotopic (exact) mass is 376 g/mol. The van der Waals surface area contributed by atoms with Gasteiger partial charge in [0.05, 0.1) is 17.7 Å². The van der Waals surface area contributed by atoms with Gasteiger partial charge in [-0.15, -0.1) is 0 Å². The smallest absolute Gasteiger partial charge is 0.254 e. The van der Waals surface area contributed by atoms with E-state index in [4.69, 9.17) is 4.42 Å². The van der Waals surface area contributed by atoms with Crippen molar-refractivity contribution in [1.82, 2.24) is 9.62 Å². The molecule has 1 atom stereocenters. The van der Waals surface area contributed by atoms with E-state index in [9.17, 15) is 13.2 Å². The maximum absolute atomic E-state index is 12.9. The number of hydrogen-bond acceptors (Lipinski definition) is 4. The summed E-state index contributed by atoms with van der Waals surface area (Å²) in [6.07, 6.45) is 3.59. The van der Waals surface area contributed by atoms with Gasteiger partial charge in [-0.25, -0.2) is 13.1 Å². The first-order valence-electron chi connectivity index (χ1n) is 8.79. The molecule has 7 heteroatoms. The number of nitrogens with zero attached hydrogens (tertiary/aromatic N) is 1. The third-order valence-corrected chi connectivity index (χ3v) is 6.11. The zero-order valence-corrected chi connectivity index (χ0v) is 15.9. The van der Waals surface area contributed by atoms with Crippen molar-refractivity contribution < 1.29 is 17.6 Å². The normalized spacial score (nSPS) is 18.1. The number of carbonyl (C=O) groups is 1. The first kappa shape index (κ1) is 18.7. The number of nitrogens with one attached hydrogen (secondary N) is 1. The van der Waals surface area contributed by atoms with Crippen molar-refractivity contribution in [3.05, 3.63) is 53.5 Å². The fourth-order valence-electron chi connectivity index (χ4n) is 3.21. The van der Waals surface area contributed by atoms with E-state index in [1.54, 1.807) is 18.2 Å². The van der Waals surface area contributed by atoms with Crippen LogP contribution in [0.2, 0.25) is 0 Å². The molecule has 0 saturated carbocycles. The van der Waals surface area contributed by atoms with Crippen LogP contribution in [-0.2, 0) is 16.6 Å². The van der Waals surface area contributed by atoms with Crippen LogP contribution in [0, 0.1) is 12.8 Å². The van der Waals surface area contributed by atoms with Crippen molar-refractivity contribution >= 4 is 15.9 Å². The van der Waals surface area contributed by atoms with Crippen molar-refractivity contribution in [3.63, 3.8) is 0 Å². The molecule has 1 amide bonds. The molecule has 1 unspecified atom stereocenters. The number of carbonyl (C=O) groups excluding carboxylic acids is 1. The average Bonchev–Trinajstić information content (AvgIpc) is 3.13. The van der Waals surface area contributed by atoms with E-state index in [-0.39, 0.29) is 17.3 Å². The van der Waals surface area contributed by atoms with E-state index in [1.807, 2.05) is 11.8 Å². The number of furan rings is 1. The van der Waals surface area contributed by atoms with Gasteiger partial charge in [-0.3, -0.25) is 4.79 Å². The zero-order chi connectivity index (χ0) is 18.7. The third kappa shape index (κ3) is 4.16. The second-order valence-electron chi connectivity index (χ2n) is 6.88. The SMILES string of the molecule is Cc1ccc(S(=O)(=O)NCc2ccco2)cc1C(=O)N1CCCC(C)C1. The van der Waals surface area contributed by atoms with Gasteiger partial charge in [0.2, 0.25) is 10.0 Å². The van der Waals surface area contributed by atoms with Crippen molar-refractivity contribution in [2.24, 2.45) is 5.92 Å². The van der Waals surface area contributed by atoms with Gasteiger partial charge in [0, 0.05) is 18.7 Å². The fraction of sp³-hybridized carbons (Fsp3) is 0.421. The van der Waals surface area contributed by atoms with Gasteiger partial charge in [-0.05, 0) is 55.5 Å². The standard InChI is InChI=1S/C19H24N2O4S/c1-14-5-3-9-21(13-14)19(22)18-11-17(8-7-15(18)2)26(23,24)20-12-16-6-4-10-25-16/h4,6-8,10-11,14,20H,3,5,9,12-13H2,1-2H3. The number of rotatable bonds is 5. The highest BCUT2D eigenvalue weighted by Crippen LogP contribution is 2.22. The molecule has 0 bridgehead atoms. The van der Waals surface area contributed by atoms with Crippen molar-refractivity contribution in [1.29, 1.82) is 0 Å². The number of sulfonamides is 1. The lowest BCUT2D eigenvalue weighted by Gasteiger charge is -2.31. The Kier molecular flexibility index (Phi) is 5.48. The Morgan fingerprint density at radius 3 is 2.85 bits per heavy atom. The Morgan fingerprint density at radius 1 is 1.35 bits per heavy atom. The van der Waals surface area contributed by atoms with Crippen LogP contribution in [0.5, 0.6) is 0 Å². The molecule has 6 nitrogen and oxygen atoms in total. The zero-order valence-electron chi connectivity index (χ0n) is 15.1. The summed E-state index contributed by atoms with van der Waals surface area (Å²) < 4.78 is 32.8. The highest BCUT2D eigenvalue weighted by molar-refractivity contribution is 7.89. The van der Waals surface area contributed by atoms with Crippen molar-refractivity contribution in [2.75, 3.05) is 13.1 Å². The highest BCUT2D eigenvalue weighted by Gasteiger charge is 2.25. The first-order chi connectivity index (χ1) is 12.4. The van der Waals surface area contributed by atoms with Crippen LogP contribution in [0.3, 0.4) is 0 Å². The highest BCUT2D eigenvalue weighted by atomic mass is 32.2. The Labute approximate surface area is 154 Å². The van der Waals surface area contributed by atoms with E-state index in [0.29, 0.717) is 23.8 Å². The van der Waals surface area contributed by atoms with E-state index in [1.165, 1.54) is 18.4 Å². The number of benzene rings is 1. The Morgan fingerprint density at radius 2 is 2.15 bits per heavy atom. The van der Waals surface area contributed by atoms with Crippen LogP contribution in [0.4, 0.5) is 0 Å². The molecule has 1 aromatic heterocycles. The molecule has 3 rings (SSSR count). The van der Waals surface area contributed by atoms with Crippen LogP contribution >= 0.6 is 0 Å². The van der Waals surface area contributed by atoms with Crippen LogP contribution in [0.1, 0.15) is 41.4 Å². The van der Waals surface area contributed by atoms with Crippen LogP contribution in [-0.4, -0.2) is 32.3 Å². The van der Waals surface area contributed by atoms with Gasteiger partial charge < -0.3 is 9.32 Å². The molecule has 1 saturated heterocycles. The lowest BCUT2D eigenvalue weighted by atomic mass is 9.99. The van der Waals surface area contributed by atoms with Crippen LogP contribution < -0.4 is 4.72 Å². The molecule has 2 heterocycles. The molecule has 1 fully saturated rings. The molecular weight excluding hydrogens is 352 g/mol. The fourth-order valence-corrected chi connectivity index (χ4v) is 4.22. The molecule has 1 aliphatic heterocycles. The lowest BCUT2D eigenvalue weighted by molar-refractivity contribution is 0.0682. The number of hydrogen-bond donors (Lipinski definition) is 1. The van der Waals surface area contributed by atoms with Gasteiger partial charge in [0.15, 0.2) is 0 Å². The van der Waals surface area contributed by atoms with Gasteiger partial charge in [0.1, 0.15) is 5.76 Å². The summed E-state index contributed by atoms with van der Waals surface area (Å²) in [7, 11) is -3.73. The quantitative estimate of drug-likeness (QED) is 0.870. The van der Waals surface area contributed by atoms with Gasteiger partial charge in [0.25, 0.3) is 5.91 Å². The van der Waals surface area contributed by atoms with E-state index < -0.39 is 10.0 Å². The molecule has 1 N–H and O–H groups in total. The number of piperidine rings is 1. The van der Waals surface area contributed by atoms with Crippen LogP contribution in [0.15, 0.2) is 45.9 Å². The molecular formula is C19H24N2O4S. The lowest BCUT2D eigenvalue weighted by Crippen LogP contribution is -2.39. The molecule has 0 spiro atoms. The predicted octanol–water partition coefficient (Wildman–Crippen LogP) is 2.94. The minimum absolute atomic E-state index is 0.0656. The molecule has 0 radical (unpaired) electrons. The summed E-state index contributed by atoms with van der Waals surface area (Å²) in [5.74, 6) is 0.895. The van der Waals surface area contributed by atoms with E-state index >= 15 is 0 Å². The Balaban J connectivity index is 1.81. The second-order valence-corrected chi connectivity index (χ2v) is 8.65. The van der Waals surface area contributed by atoms with Crippen LogP contribution in [0.25, 0.3) is 0 Å². The predicted molar refractivity (Wildman–Crippen MR) is 98.2 cm³/mol. The minimum Gasteiger partial charge on any atom is -0.468 e. The average molecular weight is 376 g/mol. The molecule has 2 aromatic rings. The van der Waals surface area contributed by atoms with E-state index in [2.05, 4.69) is 11.6 Å². The summed E-state index contributed by atoms with van der Waals surface area (Å²) >= 11 is 0. The van der Waals surface area contributed by atoms with Gasteiger partial charge in [-0.2, -0.15) is 0 Å². The minimum atomic E-state index is -3.73. The summed E-state index contributed by atoms with van der Waals surface area (Å²) in [6.45, 7) is 5.46. The van der Waals surface area contributed by atoms with Crippen molar-refractivity contribution in [2.45, 2.75) is 38.1 Å². The molecule has 1 aromatic carbocycles. The molecule has 0 aliphatic carbocycles. The summed E-state index contributed by atoms with van der Waals surface area (Å²) in [5.41, 5.74) is 1.22.